The third-order valence-corrected chi connectivity index (χ3v) is 4.98. The number of aryl methyl sites for hydroxylation is 2. The number of hydrogen-bond acceptors (Lipinski definition) is 4. The number of benzene rings is 2. The zero-order valence-corrected chi connectivity index (χ0v) is 18.2. The van der Waals surface area contributed by atoms with Crippen LogP contribution in [-0.4, -0.2) is 47.2 Å². The quantitative estimate of drug-likeness (QED) is 0.414. The van der Waals surface area contributed by atoms with Gasteiger partial charge in [-0.1, -0.05) is 25.1 Å². The zero-order valence-electron chi connectivity index (χ0n) is 17.2. The summed E-state index contributed by atoms with van der Waals surface area (Å²) < 4.78 is 5.80. The third-order valence-electron chi connectivity index (χ3n) is 4.76. The van der Waals surface area contributed by atoms with Crippen LogP contribution in [0.3, 0.4) is 0 Å². The normalized spacial score (nSPS) is 11.6. The topological polar surface area (TPSA) is 86.0 Å². The predicted octanol–water partition coefficient (Wildman–Crippen LogP) is 3.27. The molecule has 0 spiro atoms. The molecule has 0 atom stereocenters. The minimum Gasteiger partial charge on any atom is -0.478 e. The van der Waals surface area contributed by atoms with Crippen molar-refractivity contribution in [2.75, 3.05) is 20.1 Å². The number of aliphatic imine (C=N–C) groups is 1. The summed E-state index contributed by atoms with van der Waals surface area (Å²) in [4.78, 5) is 17.3. The molecule has 2 rings (SSSR count). The van der Waals surface area contributed by atoms with E-state index >= 15 is 0 Å². The second-order valence-electron chi connectivity index (χ2n) is 6.94. The first-order chi connectivity index (χ1) is 13.7. The van der Waals surface area contributed by atoms with E-state index in [2.05, 4.69) is 49.5 Å². The highest BCUT2D eigenvalue weighted by Crippen LogP contribution is 2.24. The number of nitrogens with one attached hydrogen (secondary N) is 1. The van der Waals surface area contributed by atoms with E-state index in [0.29, 0.717) is 11.3 Å². The van der Waals surface area contributed by atoms with E-state index in [4.69, 9.17) is 15.3 Å². The molecule has 2 aromatic carbocycles. The second kappa shape index (κ2) is 10.2. The van der Waals surface area contributed by atoms with Gasteiger partial charge in [-0.3, -0.25) is 5.41 Å². The van der Waals surface area contributed by atoms with Crippen molar-refractivity contribution in [3.05, 3.63) is 64.2 Å². The van der Waals surface area contributed by atoms with Crippen molar-refractivity contribution >= 4 is 29.7 Å². The van der Waals surface area contributed by atoms with Gasteiger partial charge in [0, 0.05) is 12.1 Å². The first-order valence-corrected chi connectivity index (χ1v) is 9.90. The molecule has 0 aliphatic rings. The van der Waals surface area contributed by atoms with Crippen LogP contribution < -0.4 is 4.74 Å². The fourth-order valence-electron chi connectivity index (χ4n) is 2.76. The maximum absolute atomic E-state index is 10.9. The van der Waals surface area contributed by atoms with Crippen molar-refractivity contribution < 1.29 is 14.6 Å². The molecule has 6 nitrogen and oxygen atoms in total. The van der Waals surface area contributed by atoms with Crippen LogP contribution in [-0.2, 0) is 19.0 Å². The summed E-state index contributed by atoms with van der Waals surface area (Å²) in [6.45, 7) is 8.21. The number of amidine groups is 1. The Hall–Kier alpha value is -2.64. The number of nitrogens with zero attached hydrogens (tertiary/aromatic N) is 2. The highest BCUT2D eigenvalue weighted by Gasteiger charge is 2.12. The highest BCUT2D eigenvalue weighted by atomic mass is 32.1. The fraction of sp³-hybridized carbons (Fsp3) is 0.318. The van der Waals surface area contributed by atoms with Crippen LogP contribution in [0.5, 0.6) is 5.75 Å². The molecule has 0 aliphatic carbocycles. The van der Waals surface area contributed by atoms with E-state index in [-0.39, 0.29) is 16.6 Å². The summed E-state index contributed by atoms with van der Waals surface area (Å²) in [6.07, 6.45) is 0.975. The Morgan fingerprint density at radius 3 is 2.38 bits per heavy atom. The van der Waals surface area contributed by atoms with Gasteiger partial charge in [0.2, 0.25) is 0 Å². The number of likely N-dealkylation sites (N-methyl/N-ethyl adjacent to an activating group) is 1. The molecule has 0 unspecified atom stereocenters. The van der Waals surface area contributed by atoms with E-state index in [9.17, 15) is 4.79 Å². The van der Waals surface area contributed by atoms with Crippen LogP contribution in [0, 0.1) is 19.3 Å². The number of rotatable bonds is 7. The lowest BCUT2D eigenvalue weighted by Gasteiger charge is -2.16. The summed E-state index contributed by atoms with van der Waals surface area (Å²) in [7, 11) is 2.11. The van der Waals surface area contributed by atoms with Gasteiger partial charge in [-0.25, -0.2) is 4.79 Å². The Morgan fingerprint density at radius 2 is 1.79 bits per heavy atom. The monoisotopic (exact) mass is 414 g/mol. The lowest BCUT2D eigenvalue weighted by Crippen LogP contribution is -2.20. The van der Waals surface area contributed by atoms with Crippen molar-refractivity contribution in [1.29, 1.82) is 5.41 Å². The van der Waals surface area contributed by atoms with Gasteiger partial charge in [-0.05, 0) is 68.8 Å². The molecule has 0 saturated carbocycles. The molecule has 29 heavy (non-hydrogen) atoms. The summed E-state index contributed by atoms with van der Waals surface area (Å²) in [5, 5.41) is 17.2. The molecule has 0 amide bonds. The Kier molecular flexibility index (Phi) is 7.99. The van der Waals surface area contributed by atoms with E-state index in [1.807, 2.05) is 13.0 Å². The SMILES string of the molecule is CCN(C)CCc1cc(C)c(OC([SH2+])=NC(=N)c2ccc(C(=O)O)cc2)cc1C. The van der Waals surface area contributed by atoms with Crippen molar-refractivity contribution in [3.63, 3.8) is 0 Å². The minimum atomic E-state index is -1.01. The number of ether oxygens (including phenoxy) is 1. The lowest BCUT2D eigenvalue weighted by molar-refractivity contribution is 0.0697. The number of carbonyl (C=O) groups is 1. The molecule has 0 heterocycles. The summed E-state index contributed by atoms with van der Waals surface area (Å²) in [5.41, 5.74) is 4.09. The molecular weight excluding hydrogens is 386 g/mol. The lowest BCUT2D eigenvalue weighted by atomic mass is 10.0. The second-order valence-corrected chi connectivity index (χ2v) is 7.37. The van der Waals surface area contributed by atoms with Crippen molar-refractivity contribution in [3.8, 4) is 5.75 Å². The van der Waals surface area contributed by atoms with Gasteiger partial charge in [0.15, 0.2) is 5.84 Å². The Labute approximate surface area is 177 Å². The van der Waals surface area contributed by atoms with E-state index in [1.165, 1.54) is 17.7 Å². The summed E-state index contributed by atoms with van der Waals surface area (Å²) in [6, 6.07) is 10.1. The Bertz CT molecular complexity index is 924. The average Bonchev–Trinajstić information content (AvgIpc) is 2.69. The Morgan fingerprint density at radius 1 is 1.17 bits per heavy atom. The van der Waals surface area contributed by atoms with Crippen molar-refractivity contribution in [2.45, 2.75) is 27.2 Å². The molecule has 2 N–H and O–H groups in total. The van der Waals surface area contributed by atoms with Gasteiger partial charge in [-0.15, -0.1) is 4.99 Å². The standard InChI is InChI=1S/C22H27N3O3S/c1-5-25(4)11-10-18-12-15(3)19(13-14(18)2)28-22(29)24-20(23)16-6-8-17(9-7-16)21(26)27/h6-9,12-13H,5,10-11H2,1-4H3,(H,26,27)(H2,23,24,29)/p+1. The average molecular weight is 415 g/mol. The summed E-state index contributed by atoms with van der Waals surface area (Å²) in [5.74, 6) is -0.357. The molecule has 7 heteroatoms. The van der Waals surface area contributed by atoms with Gasteiger partial charge in [0.25, 0.3) is 0 Å². The first-order valence-electron chi connectivity index (χ1n) is 9.40. The third kappa shape index (κ3) is 6.44. The van der Waals surface area contributed by atoms with E-state index in [1.54, 1.807) is 12.1 Å². The molecule has 2 aromatic rings. The van der Waals surface area contributed by atoms with Crippen LogP contribution >= 0.6 is 0 Å². The smallest absolute Gasteiger partial charge is 0.414 e. The van der Waals surface area contributed by atoms with E-state index in [0.717, 1.165) is 30.6 Å². The Balaban J connectivity index is 2.10. The van der Waals surface area contributed by atoms with Crippen LogP contribution in [0.4, 0.5) is 0 Å². The summed E-state index contributed by atoms with van der Waals surface area (Å²) >= 11 is 3.33. The van der Waals surface area contributed by atoms with Crippen LogP contribution in [0.2, 0.25) is 0 Å². The van der Waals surface area contributed by atoms with Crippen LogP contribution in [0.1, 0.15) is 39.5 Å². The maximum Gasteiger partial charge on any atom is 0.414 e. The van der Waals surface area contributed by atoms with Crippen molar-refractivity contribution in [2.24, 2.45) is 4.99 Å². The number of carboxylic acid groups (broad SMARTS) is 1. The van der Waals surface area contributed by atoms with Gasteiger partial charge in [-0.2, -0.15) is 0 Å². The van der Waals surface area contributed by atoms with E-state index < -0.39 is 5.97 Å². The van der Waals surface area contributed by atoms with Gasteiger partial charge < -0.3 is 14.7 Å². The molecule has 154 valence electrons. The molecule has 0 saturated heterocycles. The van der Waals surface area contributed by atoms with Gasteiger partial charge in [0.1, 0.15) is 5.75 Å². The van der Waals surface area contributed by atoms with Crippen LogP contribution in [0.25, 0.3) is 0 Å². The molecule has 0 bridgehead atoms. The highest BCUT2D eigenvalue weighted by molar-refractivity contribution is 7.77. The largest absolute Gasteiger partial charge is 0.478 e. The zero-order chi connectivity index (χ0) is 21.6. The van der Waals surface area contributed by atoms with Crippen molar-refractivity contribution in [1.82, 2.24) is 4.90 Å². The molecule has 0 aromatic heterocycles. The number of carboxylic acids is 1. The predicted molar refractivity (Wildman–Crippen MR) is 121 cm³/mol. The van der Waals surface area contributed by atoms with Gasteiger partial charge in [0.05, 0.1) is 18.2 Å². The molecule has 0 aliphatic heterocycles. The van der Waals surface area contributed by atoms with Gasteiger partial charge >= 0.3 is 11.2 Å². The fourth-order valence-corrected chi connectivity index (χ4v) is 2.98. The maximum atomic E-state index is 10.9. The molecule has 0 radical (unpaired) electrons. The number of aromatic carboxylic acids is 1. The molecular formula is C22H28N3O3S+. The number of hydrogen-bond donors (Lipinski definition) is 2. The first kappa shape index (κ1) is 22.6. The minimum absolute atomic E-state index is 0.0273. The van der Waals surface area contributed by atoms with Crippen LogP contribution in [0.15, 0.2) is 41.4 Å². The molecule has 0 fully saturated rings.